The molecule has 0 heterocycles. The number of hydrogen-bond donors (Lipinski definition) is 3. The van der Waals surface area contributed by atoms with Gasteiger partial charge in [0.05, 0.1) is 16.3 Å². The van der Waals surface area contributed by atoms with Gasteiger partial charge in [0.15, 0.2) is 5.11 Å². The third-order valence-corrected chi connectivity index (χ3v) is 5.29. The Morgan fingerprint density at radius 2 is 1.74 bits per heavy atom. The summed E-state index contributed by atoms with van der Waals surface area (Å²) in [6, 6.07) is 11.7. The van der Waals surface area contributed by atoms with Crippen molar-refractivity contribution in [2.45, 2.75) is 9.96 Å². The summed E-state index contributed by atoms with van der Waals surface area (Å²) in [4.78, 5) is 12.5. The largest absolute Gasteiger partial charge is 0.339 e. The highest BCUT2D eigenvalue weighted by Gasteiger charge is 2.35. The smallest absolute Gasteiger partial charge is 0.254 e. The number of carbonyl (C=O) groups is 1. The lowest BCUT2D eigenvalue weighted by molar-refractivity contribution is 0.0934. The van der Waals surface area contributed by atoms with E-state index in [1.807, 2.05) is 0 Å². The van der Waals surface area contributed by atoms with Crippen molar-refractivity contribution >= 4 is 103 Å². The molecule has 0 unspecified atom stereocenters. The van der Waals surface area contributed by atoms with Crippen LogP contribution in [0.1, 0.15) is 10.4 Å². The third-order valence-electron chi connectivity index (χ3n) is 3.18. The second kappa shape index (κ2) is 9.83. The Labute approximate surface area is 195 Å². The highest BCUT2D eigenvalue weighted by Crippen LogP contribution is 2.30. The number of alkyl halides is 3. The maximum Gasteiger partial charge on any atom is 0.254 e. The fourth-order valence-corrected chi connectivity index (χ4v) is 3.41. The van der Waals surface area contributed by atoms with Gasteiger partial charge in [-0.25, -0.2) is 0 Å². The van der Waals surface area contributed by atoms with E-state index in [9.17, 15) is 4.79 Å². The second-order valence-electron chi connectivity index (χ2n) is 5.15. The minimum Gasteiger partial charge on any atom is -0.339 e. The van der Waals surface area contributed by atoms with Crippen LogP contribution in [0.25, 0.3) is 0 Å². The molecule has 0 aliphatic carbocycles. The molecule has 0 saturated heterocycles. The standard InChI is InChI=1S/C16H11BrCl5N3OS/c17-10-4-2-1-3-9(10)13(26)24-14(16(20,21)22)25-15(27)23-12-6-5-8(18)7-11(12)19/h1-7,14H,(H,24,26)(H2,23,25,27)/t14-/m0/s1. The second-order valence-corrected chi connectivity index (χ2v) is 9.63. The van der Waals surface area contributed by atoms with Gasteiger partial charge in [-0.3, -0.25) is 4.79 Å². The van der Waals surface area contributed by atoms with Crippen LogP contribution in [0, 0.1) is 0 Å². The lowest BCUT2D eigenvalue weighted by Gasteiger charge is -2.28. The molecule has 0 bridgehead atoms. The molecule has 27 heavy (non-hydrogen) atoms. The molecular formula is C16H11BrCl5N3OS. The highest BCUT2D eigenvalue weighted by molar-refractivity contribution is 9.10. The van der Waals surface area contributed by atoms with Crippen LogP contribution in [-0.4, -0.2) is 21.0 Å². The van der Waals surface area contributed by atoms with Crippen molar-refractivity contribution in [3.8, 4) is 0 Å². The van der Waals surface area contributed by atoms with Gasteiger partial charge in [0.25, 0.3) is 5.91 Å². The van der Waals surface area contributed by atoms with E-state index in [0.717, 1.165) is 0 Å². The lowest BCUT2D eigenvalue weighted by Crippen LogP contribution is -2.56. The van der Waals surface area contributed by atoms with Crippen LogP contribution in [-0.2, 0) is 0 Å². The molecule has 2 rings (SSSR count). The van der Waals surface area contributed by atoms with Crippen LogP contribution >= 0.6 is 86.2 Å². The zero-order valence-electron chi connectivity index (χ0n) is 13.2. The van der Waals surface area contributed by atoms with E-state index in [4.69, 9.17) is 70.2 Å². The molecule has 1 amide bonds. The van der Waals surface area contributed by atoms with E-state index in [1.165, 1.54) is 0 Å². The molecule has 4 nitrogen and oxygen atoms in total. The minimum absolute atomic E-state index is 0.0861. The van der Waals surface area contributed by atoms with E-state index in [1.54, 1.807) is 42.5 Å². The van der Waals surface area contributed by atoms with Gasteiger partial charge in [-0.05, 0) is 58.5 Å². The number of thiocarbonyl (C=S) groups is 1. The summed E-state index contributed by atoms with van der Waals surface area (Å²) in [5.41, 5.74) is 0.872. The summed E-state index contributed by atoms with van der Waals surface area (Å²) < 4.78 is -1.29. The average molecular weight is 551 g/mol. The first kappa shape index (κ1) is 22.8. The Morgan fingerprint density at radius 3 is 2.33 bits per heavy atom. The molecule has 2 aromatic rings. The van der Waals surface area contributed by atoms with Crippen molar-refractivity contribution in [1.82, 2.24) is 10.6 Å². The first-order valence-electron chi connectivity index (χ1n) is 7.22. The number of amides is 1. The minimum atomic E-state index is -1.88. The van der Waals surface area contributed by atoms with Gasteiger partial charge in [0.2, 0.25) is 3.79 Å². The number of nitrogens with one attached hydrogen (secondary N) is 3. The summed E-state index contributed by atoms with van der Waals surface area (Å²) in [7, 11) is 0. The molecule has 3 N–H and O–H groups in total. The van der Waals surface area contributed by atoms with Crippen LogP contribution < -0.4 is 16.0 Å². The molecule has 1 atom stereocenters. The first-order chi connectivity index (χ1) is 12.6. The van der Waals surface area contributed by atoms with Crippen LogP contribution in [0.3, 0.4) is 0 Å². The number of benzene rings is 2. The molecule has 0 aliphatic rings. The molecule has 0 saturated carbocycles. The summed E-state index contributed by atoms with van der Waals surface area (Å²) >= 11 is 38.4. The average Bonchev–Trinajstić information content (AvgIpc) is 2.56. The topological polar surface area (TPSA) is 53.2 Å². The summed E-state index contributed by atoms with van der Waals surface area (Å²) in [5.74, 6) is -0.460. The predicted octanol–water partition coefficient (Wildman–Crippen LogP) is 6.17. The van der Waals surface area contributed by atoms with Gasteiger partial charge in [-0.15, -0.1) is 0 Å². The number of rotatable bonds is 4. The molecule has 0 fully saturated rings. The molecule has 0 aromatic heterocycles. The van der Waals surface area contributed by atoms with E-state index in [2.05, 4.69) is 31.9 Å². The Kier molecular flexibility index (Phi) is 8.31. The van der Waals surface area contributed by atoms with Crippen molar-refractivity contribution in [2.75, 3.05) is 5.32 Å². The fourth-order valence-electron chi connectivity index (χ4n) is 1.93. The summed E-state index contributed by atoms with van der Waals surface area (Å²) in [5, 5.41) is 9.13. The van der Waals surface area contributed by atoms with Gasteiger partial charge < -0.3 is 16.0 Å². The lowest BCUT2D eigenvalue weighted by atomic mass is 10.2. The van der Waals surface area contributed by atoms with E-state index < -0.39 is 15.9 Å². The van der Waals surface area contributed by atoms with Crippen molar-refractivity contribution in [1.29, 1.82) is 0 Å². The Hall–Kier alpha value is -0.470. The molecule has 0 radical (unpaired) electrons. The van der Waals surface area contributed by atoms with Crippen molar-refractivity contribution in [3.63, 3.8) is 0 Å². The number of anilines is 1. The van der Waals surface area contributed by atoms with Gasteiger partial charge in [0.1, 0.15) is 6.17 Å². The third kappa shape index (κ3) is 6.82. The van der Waals surface area contributed by atoms with Crippen LogP contribution in [0.5, 0.6) is 0 Å². The Balaban J connectivity index is 2.11. The van der Waals surface area contributed by atoms with Crippen LogP contribution in [0.4, 0.5) is 5.69 Å². The van der Waals surface area contributed by atoms with Crippen LogP contribution in [0.15, 0.2) is 46.9 Å². The Bertz CT molecular complexity index is 862. The first-order valence-corrected chi connectivity index (χ1v) is 10.3. The van der Waals surface area contributed by atoms with E-state index in [0.29, 0.717) is 25.8 Å². The zero-order chi connectivity index (χ0) is 20.2. The number of carbonyl (C=O) groups excluding carboxylic acids is 1. The molecule has 0 aliphatic heterocycles. The Morgan fingerprint density at radius 1 is 1.07 bits per heavy atom. The van der Waals surface area contributed by atoms with Gasteiger partial charge in [0, 0.05) is 9.50 Å². The maximum absolute atomic E-state index is 12.5. The van der Waals surface area contributed by atoms with Gasteiger partial charge in [-0.1, -0.05) is 70.1 Å². The predicted molar refractivity (Wildman–Crippen MR) is 122 cm³/mol. The fraction of sp³-hybridized carbons (Fsp3) is 0.125. The monoisotopic (exact) mass is 547 g/mol. The van der Waals surface area contributed by atoms with Gasteiger partial charge in [-0.2, -0.15) is 0 Å². The number of halogens is 6. The number of hydrogen-bond acceptors (Lipinski definition) is 2. The zero-order valence-corrected chi connectivity index (χ0v) is 19.4. The van der Waals surface area contributed by atoms with Crippen molar-refractivity contribution in [2.24, 2.45) is 0 Å². The van der Waals surface area contributed by atoms with Crippen LogP contribution in [0.2, 0.25) is 10.0 Å². The SMILES string of the molecule is O=C(N[C@@H](NC(=S)Nc1ccc(Cl)cc1Cl)C(Cl)(Cl)Cl)c1ccccc1Br. The molecule has 0 spiro atoms. The quantitative estimate of drug-likeness (QED) is 0.242. The maximum atomic E-state index is 12.5. The summed E-state index contributed by atoms with van der Waals surface area (Å²) in [6.07, 6.45) is -1.12. The molecular weight excluding hydrogens is 539 g/mol. The molecule has 2 aromatic carbocycles. The normalized spacial score (nSPS) is 12.2. The summed E-state index contributed by atoms with van der Waals surface area (Å²) in [6.45, 7) is 0. The van der Waals surface area contributed by atoms with Crippen molar-refractivity contribution in [3.05, 3.63) is 62.5 Å². The van der Waals surface area contributed by atoms with E-state index >= 15 is 0 Å². The molecule has 144 valence electrons. The highest BCUT2D eigenvalue weighted by atomic mass is 79.9. The van der Waals surface area contributed by atoms with E-state index in [-0.39, 0.29) is 5.11 Å². The molecule has 11 heteroatoms. The van der Waals surface area contributed by atoms with Crippen molar-refractivity contribution < 1.29 is 4.79 Å². The van der Waals surface area contributed by atoms with Gasteiger partial charge >= 0.3 is 0 Å².